The van der Waals surface area contributed by atoms with Crippen LogP contribution in [0.1, 0.15) is 19.4 Å². The van der Waals surface area contributed by atoms with Gasteiger partial charge in [-0.25, -0.2) is 13.5 Å². The predicted octanol–water partition coefficient (Wildman–Crippen LogP) is 3.11. The van der Waals surface area contributed by atoms with Crippen LogP contribution >= 0.6 is 0 Å². The Labute approximate surface area is 157 Å². The Balaban J connectivity index is 1.42. The van der Waals surface area contributed by atoms with Crippen LogP contribution in [0.4, 0.5) is 14.5 Å². The molecule has 0 saturated carbocycles. The van der Waals surface area contributed by atoms with Gasteiger partial charge in [0.15, 0.2) is 6.29 Å². The predicted molar refractivity (Wildman–Crippen MR) is 96.8 cm³/mol. The maximum absolute atomic E-state index is 13.1. The van der Waals surface area contributed by atoms with Crippen molar-refractivity contribution in [2.75, 3.05) is 31.2 Å². The third kappa shape index (κ3) is 3.96. The summed E-state index contributed by atoms with van der Waals surface area (Å²) in [5.41, 5.74) is 4.45. The number of aromatic nitrogens is 3. The number of ether oxygens (including phenoxy) is 2. The lowest BCUT2D eigenvalue weighted by Gasteiger charge is -2.47. The van der Waals surface area contributed by atoms with Crippen molar-refractivity contribution < 1.29 is 18.3 Å². The number of rotatable bonds is 4. The van der Waals surface area contributed by atoms with Gasteiger partial charge < -0.3 is 14.4 Å². The van der Waals surface area contributed by atoms with E-state index in [-0.39, 0.29) is 6.54 Å². The Morgan fingerprint density at radius 1 is 1.19 bits per heavy atom. The first-order valence-corrected chi connectivity index (χ1v) is 9.08. The largest absolute Gasteiger partial charge is 0.370 e. The zero-order valence-electron chi connectivity index (χ0n) is 15.8. The van der Waals surface area contributed by atoms with E-state index in [1.807, 2.05) is 0 Å². The average molecular weight is 378 g/mol. The van der Waals surface area contributed by atoms with Crippen molar-refractivity contribution in [2.45, 2.75) is 39.5 Å². The monoisotopic (exact) mass is 378 g/mol. The maximum Gasteiger partial charge on any atom is 0.293 e. The molecule has 6 nitrogen and oxygen atoms in total. The Bertz CT molecular complexity index is 819. The van der Waals surface area contributed by atoms with Crippen LogP contribution in [0, 0.1) is 12.3 Å². The molecule has 0 radical (unpaired) electrons. The second kappa shape index (κ2) is 6.53. The van der Waals surface area contributed by atoms with E-state index >= 15 is 0 Å². The van der Waals surface area contributed by atoms with E-state index in [1.165, 1.54) is 5.69 Å². The van der Waals surface area contributed by atoms with Gasteiger partial charge in [-0.3, -0.25) is 0 Å². The molecule has 0 aliphatic carbocycles. The molecule has 1 aromatic carbocycles. The molecule has 8 heteroatoms. The molecule has 4 rings (SSSR count). The van der Waals surface area contributed by atoms with Crippen molar-refractivity contribution in [3.63, 3.8) is 0 Å². The molecule has 0 spiro atoms. The summed E-state index contributed by atoms with van der Waals surface area (Å²) in [5.74, 6) is -2.92. The highest BCUT2D eigenvalue weighted by atomic mass is 19.3. The smallest absolute Gasteiger partial charge is 0.293 e. The Morgan fingerprint density at radius 2 is 1.89 bits per heavy atom. The maximum atomic E-state index is 13.1. The Kier molecular flexibility index (Phi) is 4.43. The second-order valence-electron chi connectivity index (χ2n) is 8.25. The van der Waals surface area contributed by atoms with Crippen molar-refractivity contribution in [2.24, 2.45) is 5.41 Å². The number of halogens is 2. The van der Waals surface area contributed by atoms with E-state index in [4.69, 9.17) is 9.47 Å². The van der Waals surface area contributed by atoms with Crippen molar-refractivity contribution in [3.05, 3.63) is 30.0 Å². The summed E-state index contributed by atoms with van der Waals surface area (Å²) < 4.78 is 37.8. The molecule has 0 atom stereocenters. The van der Waals surface area contributed by atoms with E-state index in [0.717, 1.165) is 29.9 Å². The Hall–Kier alpha value is -2.06. The molecule has 2 aromatic rings. The molecular formula is C19H24F2N4O2. The van der Waals surface area contributed by atoms with Crippen molar-refractivity contribution in [1.29, 1.82) is 0 Å². The van der Waals surface area contributed by atoms with Gasteiger partial charge in [0.25, 0.3) is 5.92 Å². The van der Waals surface area contributed by atoms with Crippen LogP contribution in [0.5, 0.6) is 0 Å². The third-order valence-corrected chi connectivity index (χ3v) is 4.92. The highest BCUT2D eigenvalue weighted by Gasteiger charge is 2.37. The first-order chi connectivity index (χ1) is 12.7. The number of hydrogen-bond acceptors (Lipinski definition) is 5. The van der Waals surface area contributed by atoms with Gasteiger partial charge in [0.05, 0.1) is 12.7 Å². The van der Waals surface area contributed by atoms with Crippen LogP contribution < -0.4 is 4.90 Å². The number of hydrogen-bond donors (Lipinski definition) is 0. The van der Waals surface area contributed by atoms with E-state index in [9.17, 15) is 8.78 Å². The van der Waals surface area contributed by atoms with Crippen molar-refractivity contribution in [3.8, 4) is 11.3 Å². The molecule has 2 aliphatic rings. The first kappa shape index (κ1) is 18.3. The minimum atomic E-state index is -2.92. The summed E-state index contributed by atoms with van der Waals surface area (Å²) in [4.78, 5) is 2.36. The molecule has 2 fully saturated rings. The van der Waals surface area contributed by atoms with Crippen molar-refractivity contribution >= 4 is 5.69 Å². The lowest BCUT2D eigenvalue weighted by Crippen LogP contribution is -2.53. The SMILES string of the molecule is Cc1cc(N2CC(C)(C)C2)ccc1-c1cn(CC2OCC(F)(F)CO2)nn1. The van der Waals surface area contributed by atoms with Crippen LogP contribution in [-0.2, 0) is 16.0 Å². The zero-order valence-corrected chi connectivity index (χ0v) is 15.8. The molecule has 0 amide bonds. The summed E-state index contributed by atoms with van der Waals surface area (Å²) in [5, 5.41) is 8.29. The lowest BCUT2D eigenvalue weighted by atomic mass is 9.84. The van der Waals surface area contributed by atoms with Gasteiger partial charge in [0.1, 0.15) is 18.9 Å². The second-order valence-corrected chi connectivity index (χ2v) is 8.25. The number of aryl methyl sites for hydroxylation is 1. The molecule has 0 unspecified atom stereocenters. The van der Waals surface area contributed by atoms with Crippen LogP contribution in [0.15, 0.2) is 24.4 Å². The molecular weight excluding hydrogens is 354 g/mol. The van der Waals surface area contributed by atoms with Gasteiger partial charge in [-0.2, -0.15) is 0 Å². The fourth-order valence-corrected chi connectivity index (χ4v) is 3.59. The summed E-state index contributed by atoms with van der Waals surface area (Å²) in [6, 6.07) is 6.32. The molecule has 1 aromatic heterocycles. The van der Waals surface area contributed by atoms with E-state index in [0.29, 0.717) is 5.41 Å². The lowest BCUT2D eigenvalue weighted by molar-refractivity contribution is -0.271. The van der Waals surface area contributed by atoms with E-state index in [1.54, 1.807) is 10.9 Å². The van der Waals surface area contributed by atoms with Gasteiger partial charge in [0, 0.05) is 24.3 Å². The van der Waals surface area contributed by atoms with E-state index < -0.39 is 25.4 Å². The van der Waals surface area contributed by atoms with Gasteiger partial charge in [-0.15, -0.1) is 5.10 Å². The van der Waals surface area contributed by atoms with E-state index in [2.05, 4.69) is 54.2 Å². The van der Waals surface area contributed by atoms with Crippen molar-refractivity contribution in [1.82, 2.24) is 15.0 Å². The summed E-state index contributed by atoms with van der Waals surface area (Å²) in [6.45, 7) is 7.67. The molecule has 27 heavy (non-hydrogen) atoms. The fraction of sp³-hybridized carbons (Fsp3) is 0.579. The van der Waals surface area contributed by atoms with Crippen LogP contribution in [0.2, 0.25) is 0 Å². The number of alkyl halides is 2. The molecule has 146 valence electrons. The quantitative estimate of drug-likeness (QED) is 0.818. The first-order valence-electron chi connectivity index (χ1n) is 9.08. The number of benzene rings is 1. The minimum Gasteiger partial charge on any atom is -0.370 e. The minimum absolute atomic E-state index is 0.225. The topological polar surface area (TPSA) is 52.4 Å². The van der Waals surface area contributed by atoms with Gasteiger partial charge >= 0.3 is 0 Å². The van der Waals surface area contributed by atoms with Crippen LogP contribution in [0.25, 0.3) is 11.3 Å². The number of nitrogens with zero attached hydrogens (tertiary/aromatic N) is 4. The molecule has 2 aliphatic heterocycles. The summed E-state index contributed by atoms with van der Waals surface area (Å²) in [7, 11) is 0. The number of anilines is 1. The highest BCUT2D eigenvalue weighted by Crippen LogP contribution is 2.35. The van der Waals surface area contributed by atoms with Gasteiger partial charge in [-0.1, -0.05) is 25.1 Å². The Morgan fingerprint density at radius 3 is 2.52 bits per heavy atom. The zero-order chi connectivity index (χ0) is 19.2. The average Bonchev–Trinajstić information content (AvgIpc) is 3.02. The highest BCUT2D eigenvalue weighted by molar-refractivity contribution is 5.67. The molecule has 0 N–H and O–H groups in total. The van der Waals surface area contributed by atoms with Gasteiger partial charge in [0.2, 0.25) is 0 Å². The summed E-state index contributed by atoms with van der Waals surface area (Å²) in [6.07, 6.45) is 1.05. The molecule has 3 heterocycles. The van der Waals surface area contributed by atoms with Crippen LogP contribution in [-0.4, -0.2) is 53.5 Å². The van der Waals surface area contributed by atoms with Gasteiger partial charge in [-0.05, 0) is 30.0 Å². The third-order valence-electron chi connectivity index (χ3n) is 4.92. The van der Waals surface area contributed by atoms with Crippen LogP contribution in [0.3, 0.4) is 0 Å². The summed E-state index contributed by atoms with van der Waals surface area (Å²) >= 11 is 0. The fourth-order valence-electron chi connectivity index (χ4n) is 3.59. The molecule has 2 saturated heterocycles. The molecule has 0 bridgehead atoms. The standard InChI is InChI=1S/C19H24F2N4O2/c1-13-6-14(24-9-18(2,3)10-24)4-5-15(13)16-7-25(23-22-16)8-17-26-11-19(20,21)12-27-17/h4-7,17H,8-12H2,1-3H3. The normalized spacial score (nSPS) is 21.9.